The van der Waals surface area contributed by atoms with Crippen LogP contribution >= 0.6 is 11.3 Å². The minimum absolute atomic E-state index is 0.223. The SMILES string of the molecule is Cc1cccc(CC(=O)Cc2nccs2)c1. The van der Waals surface area contributed by atoms with Crippen molar-refractivity contribution in [2.75, 3.05) is 0 Å². The molecule has 0 fully saturated rings. The van der Waals surface area contributed by atoms with Crippen molar-refractivity contribution in [1.82, 2.24) is 4.98 Å². The molecule has 0 aliphatic carbocycles. The predicted molar refractivity (Wildman–Crippen MR) is 65.7 cm³/mol. The Hall–Kier alpha value is -1.48. The average molecular weight is 231 g/mol. The zero-order valence-electron chi connectivity index (χ0n) is 9.14. The Morgan fingerprint density at radius 1 is 1.38 bits per heavy atom. The van der Waals surface area contributed by atoms with Crippen LogP contribution in [-0.4, -0.2) is 10.8 Å². The molecule has 0 amide bonds. The van der Waals surface area contributed by atoms with Crippen LogP contribution in [0.25, 0.3) is 0 Å². The second kappa shape index (κ2) is 5.03. The van der Waals surface area contributed by atoms with Crippen LogP contribution < -0.4 is 0 Å². The highest BCUT2D eigenvalue weighted by molar-refractivity contribution is 7.09. The van der Waals surface area contributed by atoms with Crippen molar-refractivity contribution >= 4 is 17.1 Å². The molecular weight excluding hydrogens is 218 g/mol. The van der Waals surface area contributed by atoms with Crippen LogP contribution in [0, 0.1) is 6.92 Å². The van der Waals surface area contributed by atoms with E-state index in [0.717, 1.165) is 10.6 Å². The summed E-state index contributed by atoms with van der Waals surface area (Å²) >= 11 is 1.53. The second-order valence-corrected chi connectivity index (χ2v) is 4.79. The molecule has 82 valence electrons. The first-order valence-corrected chi connectivity index (χ1v) is 6.07. The maximum atomic E-state index is 11.8. The summed E-state index contributed by atoms with van der Waals surface area (Å²) in [5.74, 6) is 0.223. The highest BCUT2D eigenvalue weighted by Gasteiger charge is 2.06. The zero-order chi connectivity index (χ0) is 11.4. The number of rotatable bonds is 4. The number of Topliss-reactive ketones (excluding diaryl/α,β-unsaturated/α-hetero) is 1. The van der Waals surface area contributed by atoms with Gasteiger partial charge < -0.3 is 0 Å². The number of thiazole rings is 1. The number of hydrogen-bond donors (Lipinski definition) is 0. The molecule has 3 heteroatoms. The largest absolute Gasteiger partial charge is 0.299 e. The van der Waals surface area contributed by atoms with E-state index in [2.05, 4.69) is 11.1 Å². The van der Waals surface area contributed by atoms with E-state index >= 15 is 0 Å². The first-order valence-electron chi connectivity index (χ1n) is 5.19. The van der Waals surface area contributed by atoms with Gasteiger partial charge in [-0.3, -0.25) is 4.79 Å². The second-order valence-electron chi connectivity index (χ2n) is 3.81. The van der Waals surface area contributed by atoms with Crippen LogP contribution in [0.1, 0.15) is 16.1 Å². The highest BCUT2D eigenvalue weighted by Crippen LogP contribution is 2.09. The molecule has 2 aromatic rings. The molecule has 2 nitrogen and oxygen atoms in total. The van der Waals surface area contributed by atoms with Crippen molar-refractivity contribution in [2.24, 2.45) is 0 Å². The lowest BCUT2D eigenvalue weighted by molar-refractivity contribution is -0.117. The summed E-state index contributed by atoms with van der Waals surface area (Å²) in [6.45, 7) is 2.04. The predicted octanol–water partition coefficient (Wildman–Crippen LogP) is 2.81. The van der Waals surface area contributed by atoms with Gasteiger partial charge in [-0.25, -0.2) is 4.98 Å². The lowest BCUT2D eigenvalue weighted by atomic mass is 10.1. The molecule has 1 aromatic carbocycles. The Morgan fingerprint density at radius 3 is 2.94 bits per heavy atom. The molecule has 0 saturated heterocycles. The van der Waals surface area contributed by atoms with Crippen molar-refractivity contribution in [3.8, 4) is 0 Å². The lowest BCUT2D eigenvalue weighted by Crippen LogP contribution is -2.06. The van der Waals surface area contributed by atoms with Crippen LogP contribution in [0.15, 0.2) is 35.8 Å². The van der Waals surface area contributed by atoms with Crippen LogP contribution in [0.4, 0.5) is 0 Å². The van der Waals surface area contributed by atoms with E-state index in [4.69, 9.17) is 0 Å². The third-order valence-electron chi connectivity index (χ3n) is 2.32. The summed E-state index contributed by atoms with van der Waals surface area (Å²) in [5.41, 5.74) is 2.28. The quantitative estimate of drug-likeness (QED) is 0.810. The van der Waals surface area contributed by atoms with Crippen LogP contribution in [-0.2, 0) is 17.6 Å². The maximum Gasteiger partial charge on any atom is 0.144 e. The number of carbonyl (C=O) groups excluding carboxylic acids is 1. The van der Waals surface area contributed by atoms with Crippen molar-refractivity contribution in [3.63, 3.8) is 0 Å². The number of benzene rings is 1. The monoisotopic (exact) mass is 231 g/mol. The number of carbonyl (C=O) groups is 1. The first-order chi connectivity index (χ1) is 7.74. The van der Waals surface area contributed by atoms with Gasteiger partial charge >= 0.3 is 0 Å². The summed E-state index contributed by atoms with van der Waals surface area (Å²) < 4.78 is 0. The Kier molecular flexibility index (Phi) is 3.47. The highest BCUT2D eigenvalue weighted by atomic mass is 32.1. The van der Waals surface area contributed by atoms with Gasteiger partial charge in [0.05, 0.1) is 11.4 Å². The Labute approximate surface area is 99.0 Å². The number of ketones is 1. The third kappa shape index (κ3) is 3.00. The van der Waals surface area contributed by atoms with Crippen LogP contribution in [0.3, 0.4) is 0 Å². The molecule has 0 saturated carbocycles. The van der Waals surface area contributed by atoms with E-state index in [1.54, 1.807) is 6.20 Å². The fraction of sp³-hybridized carbons (Fsp3) is 0.231. The summed E-state index contributed by atoms with van der Waals surface area (Å²) in [6.07, 6.45) is 2.69. The minimum Gasteiger partial charge on any atom is -0.299 e. The van der Waals surface area contributed by atoms with Crippen molar-refractivity contribution < 1.29 is 4.79 Å². The maximum absolute atomic E-state index is 11.8. The smallest absolute Gasteiger partial charge is 0.144 e. The van der Waals surface area contributed by atoms with Gasteiger partial charge in [-0.15, -0.1) is 11.3 Å². The van der Waals surface area contributed by atoms with Gasteiger partial charge in [0.15, 0.2) is 0 Å². The Morgan fingerprint density at radius 2 is 2.25 bits per heavy atom. The molecule has 16 heavy (non-hydrogen) atoms. The molecule has 0 atom stereocenters. The van der Waals surface area contributed by atoms with E-state index < -0.39 is 0 Å². The van der Waals surface area contributed by atoms with Crippen molar-refractivity contribution in [1.29, 1.82) is 0 Å². The van der Waals surface area contributed by atoms with Gasteiger partial charge in [-0.1, -0.05) is 29.8 Å². The van der Waals surface area contributed by atoms with E-state index in [1.165, 1.54) is 16.9 Å². The fourth-order valence-electron chi connectivity index (χ4n) is 1.62. The van der Waals surface area contributed by atoms with Gasteiger partial charge in [-0.05, 0) is 12.5 Å². The molecular formula is C13H13NOS. The van der Waals surface area contributed by atoms with E-state index in [9.17, 15) is 4.79 Å². The van der Waals surface area contributed by atoms with Gasteiger partial charge in [0.1, 0.15) is 5.78 Å². The number of hydrogen-bond acceptors (Lipinski definition) is 3. The summed E-state index contributed by atoms with van der Waals surface area (Å²) in [4.78, 5) is 15.9. The topological polar surface area (TPSA) is 30.0 Å². The Bertz CT molecular complexity index is 476. The molecule has 0 unspecified atom stereocenters. The van der Waals surface area contributed by atoms with E-state index in [-0.39, 0.29) is 5.78 Å². The van der Waals surface area contributed by atoms with Gasteiger partial charge in [0, 0.05) is 18.0 Å². The molecule has 0 bridgehead atoms. The molecule has 1 aromatic heterocycles. The van der Waals surface area contributed by atoms with Crippen LogP contribution in [0.2, 0.25) is 0 Å². The standard InChI is InChI=1S/C13H13NOS/c1-10-3-2-4-11(7-10)8-12(15)9-13-14-5-6-16-13/h2-7H,8-9H2,1H3. The zero-order valence-corrected chi connectivity index (χ0v) is 9.96. The normalized spacial score (nSPS) is 10.3. The molecule has 1 heterocycles. The van der Waals surface area contributed by atoms with Gasteiger partial charge in [0.25, 0.3) is 0 Å². The molecule has 0 aliphatic heterocycles. The first kappa shape index (κ1) is 11.0. The van der Waals surface area contributed by atoms with Crippen molar-refractivity contribution in [3.05, 3.63) is 52.0 Å². The van der Waals surface area contributed by atoms with E-state index in [1.807, 2.05) is 30.5 Å². The molecule has 0 aliphatic rings. The molecule has 0 radical (unpaired) electrons. The number of aromatic nitrogens is 1. The molecule has 0 spiro atoms. The van der Waals surface area contributed by atoms with E-state index in [0.29, 0.717) is 12.8 Å². The lowest BCUT2D eigenvalue weighted by Gasteiger charge is -2.00. The number of nitrogens with zero attached hydrogens (tertiary/aromatic N) is 1. The van der Waals surface area contributed by atoms with Crippen LogP contribution in [0.5, 0.6) is 0 Å². The Balaban J connectivity index is 1.97. The van der Waals surface area contributed by atoms with Crippen molar-refractivity contribution in [2.45, 2.75) is 19.8 Å². The average Bonchev–Trinajstić information content (AvgIpc) is 2.70. The van der Waals surface area contributed by atoms with Gasteiger partial charge in [-0.2, -0.15) is 0 Å². The van der Waals surface area contributed by atoms with Gasteiger partial charge in [0.2, 0.25) is 0 Å². The molecule has 2 rings (SSSR count). The summed E-state index contributed by atoms with van der Waals surface area (Å²) in [6, 6.07) is 8.07. The summed E-state index contributed by atoms with van der Waals surface area (Å²) in [7, 11) is 0. The fourth-order valence-corrected chi connectivity index (χ4v) is 2.27. The number of aryl methyl sites for hydroxylation is 1. The minimum atomic E-state index is 0.223. The third-order valence-corrected chi connectivity index (χ3v) is 3.10. The molecule has 0 N–H and O–H groups in total. The summed E-state index contributed by atoms with van der Waals surface area (Å²) in [5, 5.41) is 2.80.